The Bertz CT molecular complexity index is 1370. The Kier molecular flexibility index (Phi) is 7.60. The van der Waals surface area contributed by atoms with Gasteiger partial charge in [0.15, 0.2) is 0 Å². The minimum absolute atomic E-state index is 0.0723. The van der Waals surface area contributed by atoms with Crippen molar-refractivity contribution >= 4 is 23.0 Å². The summed E-state index contributed by atoms with van der Waals surface area (Å²) in [6.07, 6.45) is 11.3. The van der Waals surface area contributed by atoms with E-state index in [1.54, 1.807) is 19.4 Å². The molecule has 3 aromatic rings. The Morgan fingerprint density at radius 2 is 1.92 bits per heavy atom. The van der Waals surface area contributed by atoms with Crippen LogP contribution in [-0.4, -0.2) is 23.7 Å². The predicted molar refractivity (Wildman–Crippen MR) is 145 cm³/mol. The number of pyridine rings is 1. The van der Waals surface area contributed by atoms with E-state index in [0.717, 1.165) is 22.5 Å². The van der Waals surface area contributed by atoms with Gasteiger partial charge in [-0.3, -0.25) is 9.78 Å². The van der Waals surface area contributed by atoms with Crippen molar-refractivity contribution in [2.75, 3.05) is 18.2 Å². The number of carbonyl (C=O) groups excluding carboxylic acids is 1. The summed E-state index contributed by atoms with van der Waals surface area (Å²) >= 11 is 0. The normalized spacial score (nSPS) is 18.3. The number of aryl methyl sites for hydroxylation is 1. The highest BCUT2D eigenvalue weighted by Gasteiger charge is 2.12. The van der Waals surface area contributed by atoms with Crippen LogP contribution in [0.15, 0.2) is 102 Å². The van der Waals surface area contributed by atoms with Crippen LogP contribution in [0, 0.1) is 6.92 Å². The van der Waals surface area contributed by atoms with Crippen molar-refractivity contribution < 1.29 is 9.53 Å². The molecule has 182 valence electrons. The number of amides is 1. The molecule has 1 atom stereocenters. The van der Waals surface area contributed by atoms with E-state index in [9.17, 15) is 4.79 Å². The van der Waals surface area contributed by atoms with E-state index in [0.29, 0.717) is 28.5 Å². The second kappa shape index (κ2) is 11.2. The first-order chi connectivity index (χ1) is 17.4. The largest absolute Gasteiger partial charge is 0.495 e. The Morgan fingerprint density at radius 3 is 2.69 bits per heavy atom. The van der Waals surface area contributed by atoms with Gasteiger partial charge in [0.2, 0.25) is 0 Å². The van der Waals surface area contributed by atoms with E-state index >= 15 is 0 Å². The van der Waals surface area contributed by atoms with Crippen molar-refractivity contribution in [3.05, 3.63) is 119 Å². The van der Waals surface area contributed by atoms with Crippen LogP contribution in [0.1, 0.15) is 40.1 Å². The summed E-state index contributed by atoms with van der Waals surface area (Å²) in [5, 5.41) is 6.42. The molecule has 1 aliphatic rings. The van der Waals surface area contributed by atoms with Crippen LogP contribution in [-0.2, 0) is 0 Å². The number of hydrogen-bond donors (Lipinski definition) is 3. The number of nitrogens with zero attached hydrogens (tertiary/aromatic N) is 2. The van der Waals surface area contributed by atoms with E-state index in [1.807, 2.05) is 92.8 Å². The first-order valence-corrected chi connectivity index (χ1v) is 11.6. The second-order valence-electron chi connectivity index (χ2n) is 8.38. The van der Waals surface area contributed by atoms with Gasteiger partial charge in [-0.2, -0.15) is 0 Å². The first-order valence-electron chi connectivity index (χ1n) is 11.6. The SMILES string of the molecule is COc1cc(C2=N/C(N[C@@H](C)c3cccc(NC(=O)c4ccc(C)nc4)c3)=C\C=C\C=C\2)ccc1N. The first kappa shape index (κ1) is 24.5. The van der Waals surface area contributed by atoms with Crippen LogP contribution in [0.4, 0.5) is 11.4 Å². The number of hydrogen-bond acceptors (Lipinski definition) is 6. The molecule has 7 heteroatoms. The minimum atomic E-state index is -0.201. The summed E-state index contributed by atoms with van der Waals surface area (Å²) in [6.45, 7) is 3.93. The molecule has 1 amide bonds. The van der Waals surface area contributed by atoms with Crippen LogP contribution < -0.4 is 21.1 Å². The van der Waals surface area contributed by atoms with Crippen LogP contribution in [0.2, 0.25) is 0 Å². The molecule has 0 fully saturated rings. The zero-order chi connectivity index (χ0) is 25.5. The molecule has 1 aromatic heterocycles. The van der Waals surface area contributed by atoms with Gasteiger partial charge in [0.1, 0.15) is 11.6 Å². The number of methoxy groups -OCH3 is 1. The molecule has 4 rings (SSSR count). The van der Waals surface area contributed by atoms with Crippen LogP contribution in [0.5, 0.6) is 5.75 Å². The monoisotopic (exact) mass is 479 g/mol. The number of aliphatic imine (C=N–C) groups is 1. The molecule has 4 N–H and O–H groups in total. The van der Waals surface area contributed by atoms with Gasteiger partial charge in [0, 0.05) is 23.1 Å². The number of rotatable bonds is 7. The van der Waals surface area contributed by atoms with Crippen LogP contribution in [0.25, 0.3) is 0 Å². The topological polar surface area (TPSA) is 102 Å². The number of nitrogens with two attached hydrogens (primary N) is 1. The fourth-order valence-corrected chi connectivity index (χ4v) is 3.67. The van der Waals surface area contributed by atoms with Crippen molar-refractivity contribution in [2.45, 2.75) is 19.9 Å². The molecule has 0 bridgehead atoms. The molecule has 7 nitrogen and oxygen atoms in total. The Hall–Kier alpha value is -4.65. The number of nitrogen functional groups attached to an aromatic ring is 1. The van der Waals surface area contributed by atoms with E-state index in [2.05, 4.69) is 15.6 Å². The molecule has 0 saturated heterocycles. The van der Waals surface area contributed by atoms with Gasteiger partial charge in [-0.05, 0) is 68.0 Å². The van der Waals surface area contributed by atoms with Crippen molar-refractivity contribution in [1.29, 1.82) is 0 Å². The number of aromatic nitrogens is 1. The molecular formula is C29H29N5O2. The highest BCUT2D eigenvalue weighted by atomic mass is 16.5. The Balaban J connectivity index is 1.51. The molecule has 36 heavy (non-hydrogen) atoms. The third-order valence-corrected chi connectivity index (χ3v) is 5.68. The highest BCUT2D eigenvalue weighted by molar-refractivity contribution is 6.10. The lowest BCUT2D eigenvalue weighted by atomic mass is 10.1. The maximum atomic E-state index is 12.6. The zero-order valence-corrected chi connectivity index (χ0v) is 20.5. The molecule has 2 heterocycles. The average Bonchev–Trinajstić information content (AvgIpc) is 2.86. The number of nitrogens with one attached hydrogen (secondary N) is 2. The number of benzene rings is 2. The minimum Gasteiger partial charge on any atom is -0.495 e. The third kappa shape index (κ3) is 6.07. The van der Waals surface area contributed by atoms with E-state index < -0.39 is 0 Å². The van der Waals surface area contributed by atoms with Gasteiger partial charge in [-0.25, -0.2) is 4.99 Å². The maximum Gasteiger partial charge on any atom is 0.257 e. The smallest absolute Gasteiger partial charge is 0.257 e. The van der Waals surface area contributed by atoms with Gasteiger partial charge in [-0.15, -0.1) is 0 Å². The standard InChI is InChI=1S/C29H29N5O2/c1-19-12-13-23(18-31-19)29(35)33-24-9-7-8-21(16-24)20(2)32-28-11-6-4-5-10-26(34-28)22-14-15-25(30)27(17-22)36-3/h4-18,20H,30H2,1-3H3,(H,32,34)(H,33,35)/t20-/m0/s1. The van der Waals surface area contributed by atoms with Crippen molar-refractivity contribution in [3.63, 3.8) is 0 Å². The van der Waals surface area contributed by atoms with Gasteiger partial charge < -0.3 is 21.1 Å². The number of ether oxygens (including phenoxy) is 1. The molecule has 0 unspecified atom stereocenters. The number of anilines is 2. The third-order valence-electron chi connectivity index (χ3n) is 5.68. The average molecular weight is 480 g/mol. The lowest BCUT2D eigenvalue weighted by Gasteiger charge is -2.18. The quantitative estimate of drug-likeness (QED) is 0.397. The second-order valence-corrected chi connectivity index (χ2v) is 8.38. The van der Waals surface area contributed by atoms with Gasteiger partial charge in [0.25, 0.3) is 5.91 Å². The zero-order valence-electron chi connectivity index (χ0n) is 20.5. The summed E-state index contributed by atoms with van der Waals surface area (Å²) in [5.41, 5.74) is 11.3. The summed E-state index contributed by atoms with van der Waals surface area (Å²) in [7, 11) is 1.59. The predicted octanol–water partition coefficient (Wildman–Crippen LogP) is 5.34. The van der Waals surface area contributed by atoms with Gasteiger partial charge >= 0.3 is 0 Å². The molecular weight excluding hydrogens is 450 g/mol. The fraction of sp³-hybridized carbons (Fsp3) is 0.138. The van der Waals surface area contributed by atoms with E-state index in [-0.39, 0.29) is 11.9 Å². The highest BCUT2D eigenvalue weighted by Crippen LogP contribution is 2.24. The molecule has 2 aromatic carbocycles. The Morgan fingerprint density at radius 1 is 1.06 bits per heavy atom. The summed E-state index contributed by atoms with van der Waals surface area (Å²) in [5.74, 6) is 1.11. The van der Waals surface area contributed by atoms with E-state index in [4.69, 9.17) is 15.5 Å². The number of carbonyl (C=O) groups is 1. The van der Waals surface area contributed by atoms with Crippen LogP contribution in [0.3, 0.4) is 0 Å². The number of allylic oxidation sites excluding steroid dienone is 5. The fourth-order valence-electron chi connectivity index (χ4n) is 3.67. The summed E-state index contributed by atoms with van der Waals surface area (Å²) in [6, 6.07) is 16.9. The van der Waals surface area contributed by atoms with Gasteiger partial charge in [0.05, 0.1) is 30.1 Å². The molecule has 1 aliphatic heterocycles. The van der Waals surface area contributed by atoms with E-state index in [1.165, 1.54) is 0 Å². The van der Waals surface area contributed by atoms with Crippen molar-refractivity contribution in [2.24, 2.45) is 4.99 Å². The van der Waals surface area contributed by atoms with Crippen LogP contribution >= 0.6 is 0 Å². The molecule has 0 saturated carbocycles. The lowest BCUT2D eigenvalue weighted by molar-refractivity contribution is 0.102. The molecule has 0 spiro atoms. The maximum absolute atomic E-state index is 12.6. The summed E-state index contributed by atoms with van der Waals surface area (Å²) < 4.78 is 5.37. The Labute approximate surface area is 211 Å². The van der Waals surface area contributed by atoms with Crippen molar-refractivity contribution in [1.82, 2.24) is 10.3 Å². The van der Waals surface area contributed by atoms with Gasteiger partial charge in [-0.1, -0.05) is 36.4 Å². The molecule has 0 radical (unpaired) electrons. The molecule has 0 aliphatic carbocycles. The summed E-state index contributed by atoms with van der Waals surface area (Å²) in [4.78, 5) is 21.7. The van der Waals surface area contributed by atoms with Crippen molar-refractivity contribution in [3.8, 4) is 5.75 Å². The lowest BCUT2D eigenvalue weighted by Crippen LogP contribution is -2.19.